The van der Waals surface area contributed by atoms with Crippen molar-refractivity contribution in [2.24, 2.45) is 0 Å². The quantitative estimate of drug-likeness (QED) is 0.803. The molecule has 1 N–H and O–H groups in total. The lowest BCUT2D eigenvalue weighted by Crippen LogP contribution is -2.03. The highest BCUT2D eigenvalue weighted by molar-refractivity contribution is 5.97. The van der Waals surface area contributed by atoms with Crippen molar-refractivity contribution >= 4 is 5.78 Å². The summed E-state index contributed by atoms with van der Waals surface area (Å²) >= 11 is 0. The maximum absolute atomic E-state index is 12.7. The summed E-state index contributed by atoms with van der Waals surface area (Å²) in [6, 6.07) is 5.54. The molecule has 0 bridgehead atoms. The standard InChI is InChI=1S/C12H11FN2O/c1-8-14-7-11(15-8)6-12(16)9-2-4-10(13)5-3-9/h2-5,7H,6H2,1H3,(H,14,15). The van der Waals surface area contributed by atoms with E-state index in [1.807, 2.05) is 6.92 Å². The van der Waals surface area contributed by atoms with Gasteiger partial charge in [0.2, 0.25) is 0 Å². The van der Waals surface area contributed by atoms with Crippen LogP contribution in [0.4, 0.5) is 4.39 Å². The van der Waals surface area contributed by atoms with Gasteiger partial charge in [-0.05, 0) is 31.2 Å². The molecule has 2 rings (SSSR count). The molecule has 2 aromatic rings. The Labute approximate surface area is 92.3 Å². The van der Waals surface area contributed by atoms with Crippen molar-refractivity contribution in [2.75, 3.05) is 0 Å². The van der Waals surface area contributed by atoms with Gasteiger partial charge in [-0.25, -0.2) is 9.37 Å². The van der Waals surface area contributed by atoms with Gasteiger partial charge < -0.3 is 4.98 Å². The third-order valence-electron chi connectivity index (χ3n) is 2.27. The normalized spacial score (nSPS) is 10.4. The van der Waals surface area contributed by atoms with Crippen LogP contribution in [-0.4, -0.2) is 15.8 Å². The van der Waals surface area contributed by atoms with Crippen molar-refractivity contribution in [3.63, 3.8) is 0 Å². The first kappa shape index (κ1) is 10.5. The van der Waals surface area contributed by atoms with Crippen LogP contribution in [0.2, 0.25) is 0 Å². The maximum Gasteiger partial charge on any atom is 0.168 e. The Morgan fingerprint density at radius 2 is 2.06 bits per heavy atom. The second-order valence-corrected chi connectivity index (χ2v) is 3.60. The fourth-order valence-corrected chi connectivity index (χ4v) is 1.47. The van der Waals surface area contributed by atoms with E-state index in [1.54, 1.807) is 6.20 Å². The number of H-pyrrole nitrogens is 1. The number of nitrogens with one attached hydrogen (secondary N) is 1. The van der Waals surface area contributed by atoms with Crippen molar-refractivity contribution in [2.45, 2.75) is 13.3 Å². The van der Waals surface area contributed by atoms with Crippen molar-refractivity contribution in [3.8, 4) is 0 Å². The van der Waals surface area contributed by atoms with E-state index in [4.69, 9.17) is 0 Å². The van der Waals surface area contributed by atoms with E-state index in [0.717, 1.165) is 11.5 Å². The van der Waals surface area contributed by atoms with Crippen molar-refractivity contribution < 1.29 is 9.18 Å². The highest BCUT2D eigenvalue weighted by atomic mass is 19.1. The molecule has 16 heavy (non-hydrogen) atoms. The molecule has 0 saturated heterocycles. The Morgan fingerprint density at radius 1 is 1.38 bits per heavy atom. The molecule has 0 atom stereocenters. The molecule has 0 amide bonds. The molecule has 1 aromatic carbocycles. The molecule has 3 nitrogen and oxygen atoms in total. The first-order chi connectivity index (χ1) is 7.65. The Kier molecular flexibility index (Phi) is 2.81. The fourth-order valence-electron chi connectivity index (χ4n) is 1.47. The van der Waals surface area contributed by atoms with Gasteiger partial charge in [0.25, 0.3) is 0 Å². The molecule has 0 radical (unpaired) electrons. The molecule has 1 heterocycles. The first-order valence-electron chi connectivity index (χ1n) is 4.94. The van der Waals surface area contributed by atoms with E-state index in [1.165, 1.54) is 24.3 Å². The molecule has 0 saturated carbocycles. The Morgan fingerprint density at radius 3 is 2.62 bits per heavy atom. The number of nitrogens with zero attached hydrogens (tertiary/aromatic N) is 1. The largest absolute Gasteiger partial charge is 0.346 e. The van der Waals surface area contributed by atoms with E-state index >= 15 is 0 Å². The number of imidazole rings is 1. The maximum atomic E-state index is 12.7. The first-order valence-corrected chi connectivity index (χ1v) is 4.94. The molecule has 82 valence electrons. The average molecular weight is 218 g/mol. The van der Waals surface area contributed by atoms with Crippen LogP contribution < -0.4 is 0 Å². The summed E-state index contributed by atoms with van der Waals surface area (Å²) in [6.45, 7) is 1.83. The van der Waals surface area contributed by atoms with Gasteiger partial charge in [0, 0.05) is 17.5 Å². The number of hydrogen-bond donors (Lipinski definition) is 1. The minimum atomic E-state index is -0.339. The zero-order chi connectivity index (χ0) is 11.5. The van der Waals surface area contributed by atoms with E-state index in [0.29, 0.717) is 5.56 Å². The number of halogens is 1. The van der Waals surface area contributed by atoms with Gasteiger partial charge in [-0.2, -0.15) is 0 Å². The van der Waals surface area contributed by atoms with Crippen molar-refractivity contribution in [1.29, 1.82) is 0 Å². The number of carbonyl (C=O) groups is 1. The molecular formula is C12H11FN2O. The van der Waals surface area contributed by atoms with Crippen LogP contribution in [0, 0.1) is 12.7 Å². The second kappa shape index (κ2) is 4.26. The zero-order valence-corrected chi connectivity index (χ0v) is 8.83. The van der Waals surface area contributed by atoms with Gasteiger partial charge in [0.1, 0.15) is 11.6 Å². The Hall–Kier alpha value is -1.97. The van der Waals surface area contributed by atoms with E-state index in [-0.39, 0.29) is 18.0 Å². The van der Waals surface area contributed by atoms with E-state index in [2.05, 4.69) is 9.97 Å². The lowest BCUT2D eigenvalue weighted by atomic mass is 10.1. The predicted octanol–water partition coefficient (Wildman–Crippen LogP) is 2.28. The van der Waals surface area contributed by atoms with Gasteiger partial charge >= 0.3 is 0 Å². The van der Waals surface area contributed by atoms with E-state index in [9.17, 15) is 9.18 Å². The van der Waals surface area contributed by atoms with Crippen LogP contribution in [-0.2, 0) is 6.42 Å². The molecule has 4 heteroatoms. The topological polar surface area (TPSA) is 45.8 Å². The minimum absolute atomic E-state index is 0.0522. The Bertz CT molecular complexity index is 502. The summed E-state index contributed by atoms with van der Waals surface area (Å²) in [5.41, 5.74) is 1.28. The molecule has 0 aliphatic carbocycles. The number of benzene rings is 1. The zero-order valence-electron chi connectivity index (χ0n) is 8.83. The Balaban J connectivity index is 2.11. The number of aromatic nitrogens is 2. The summed E-state index contributed by atoms with van der Waals surface area (Å²) < 4.78 is 12.7. The average Bonchev–Trinajstić information content (AvgIpc) is 2.65. The van der Waals surface area contributed by atoms with Crippen LogP contribution in [0.15, 0.2) is 30.5 Å². The van der Waals surface area contributed by atoms with Gasteiger partial charge in [-0.1, -0.05) is 0 Å². The highest BCUT2D eigenvalue weighted by Gasteiger charge is 2.08. The lowest BCUT2D eigenvalue weighted by Gasteiger charge is -1.98. The molecule has 0 aliphatic heterocycles. The fraction of sp³-hybridized carbons (Fsp3) is 0.167. The SMILES string of the molecule is Cc1ncc(CC(=O)c2ccc(F)cc2)[nH]1. The summed E-state index contributed by atoms with van der Waals surface area (Å²) in [5.74, 6) is 0.388. The van der Waals surface area contributed by atoms with Gasteiger partial charge in [-0.15, -0.1) is 0 Å². The minimum Gasteiger partial charge on any atom is -0.346 e. The third-order valence-corrected chi connectivity index (χ3v) is 2.27. The second-order valence-electron chi connectivity index (χ2n) is 3.60. The number of hydrogen-bond acceptors (Lipinski definition) is 2. The van der Waals surface area contributed by atoms with Crippen LogP contribution in [0.5, 0.6) is 0 Å². The molecule has 1 aromatic heterocycles. The monoisotopic (exact) mass is 218 g/mol. The number of rotatable bonds is 3. The van der Waals surface area contributed by atoms with Gasteiger partial charge in [0.05, 0.1) is 6.42 Å². The van der Waals surface area contributed by atoms with Crippen molar-refractivity contribution in [1.82, 2.24) is 9.97 Å². The number of aromatic amines is 1. The van der Waals surface area contributed by atoms with E-state index < -0.39 is 0 Å². The highest BCUT2D eigenvalue weighted by Crippen LogP contribution is 2.07. The summed E-state index contributed by atoms with van der Waals surface area (Å²) in [7, 11) is 0. The smallest absolute Gasteiger partial charge is 0.168 e. The van der Waals surface area contributed by atoms with Crippen molar-refractivity contribution in [3.05, 3.63) is 53.4 Å². The summed E-state index contributed by atoms with van der Waals surface area (Å²) in [4.78, 5) is 18.8. The predicted molar refractivity (Wildman–Crippen MR) is 57.8 cm³/mol. The third kappa shape index (κ3) is 2.34. The summed E-state index contributed by atoms with van der Waals surface area (Å²) in [5, 5.41) is 0. The lowest BCUT2D eigenvalue weighted by molar-refractivity contribution is 0.0992. The number of carbonyl (C=O) groups excluding carboxylic acids is 1. The molecule has 0 unspecified atom stereocenters. The van der Waals surface area contributed by atoms with Crippen LogP contribution in [0.3, 0.4) is 0 Å². The van der Waals surface area contributed by atoms with Crippen LogP contribution in [0.1, 0.15) is 21.9 Å². The van der Waals surface area contributed by atoms with Gasteiger partial charge in [-0.3, -0.25) is 4.79 Å². The molecule has 0 fully saturated rings. The van der Waals surface area contributed by atoms with Crippen LogP contribution in [0.25, 0.3) is 0 Å². The number of aryl methyl sites for hydroxylation is 1. The molecular weight excluding hydrogens is 207 g/mol. The van der Waals surface area contributed by atoms with Gasteiger partial charge in [0.15, 0.2) is 5.78 Å². The number of Topliss-reactive ketones (excluding diaryl/α,β-unsaturated/α-hetero) is 1. The number of ketones is 1. The molecule has 0 aliphatic rings. The van der Waals surface area contributed by atoms with Crippen LogP contribution >= 0.6 is 0 Å². The summed E-state index contributed by atoms with van der Waals surface area (Å²) in [6.07, 6.45) is 1.89. The molecule has 0 spiro atoms.